The van der Waals surface area contributed by atoms with Crippen LogP contribution in [-0.4, -0.2) is 54.7 Å². The lowest BCUT2D eigenvalue weighted by Gasteiger charge is -2.34. The number of carbonyl (C=O) groups excluding carboxylic acids is 1. The highest BCUT2D eigenvalue weighted by atomic mass is 32.2. The molecule has 6 nitrogen and oxygen atoms in total. The van der Waals surface area contributed by atoms with Gasteiger partial charge in [-0.1, -0.05) is 0 Å². The number of benzene rings is 1. The van der Waals surface area contributed by atoms with Gasteiger partial charge >= 0.3 is 0 Å². The van der Waals surface area contributed by atoms with Gasteiger partial charge in [0.15, 0.2) is 0 Å². The smallest absolute Gasteiger partial charge is 0.244 e. The maximum atomic E-state index is 13.7. The molecule has 0 bridgehead atoms. The predicted octanol–water partition coefficient (Wildman–Crippen LogP) is 3.37. The van der Waals surface area contributed by atoms with Crippen molar-refractivity contribution in [3.05, 3.63) is 51.1 Å². The normalized spacial score (nSPS) is 15.8. The third-order valence-corrected chi connectivity index (χ3v) is 8.73. The predicted molar refractivity (Wildman–Crippen MR) is 116 cm³/mol. The van der Waals surface area contributed by atoms with Gasteiger partial charge in [-0.05, 0) is 50.6 Å². The molecule has 3 heterocycles. The van der Waals surface area contributed by atoms with Crippen LogP contribution in [0.1, 0.15) is 21.0 Å². The lowest BCUT2D eigenvalue weighted by molar-refractivity contribution is -0.131. The minimum atomic E-state index is -3.55. The first-order chi connectivity index (χ1) is 14.2. The van der Waals surface area contributed by atoms with Crippen LogP contribution in [0.3, 0.4) is 0 Å². The molecule has 0 atom stereocenters. The van der Waals surface area contributed by atoms with Crippen LogP contribution in [0.5, 0.6) is 0 Å². The van der Waals surface area contributed by atoms with E-state index in [0.717, 1.165) is 26.5 Å². The highest BCUT2D eigenvalue weighted by molar-refractivity contribution is 7.89. The minimum Gasteiger partial charge on any atom is -0.358 e. The monoisotopic (exact) mass is 449 g/mol. The molecule has 3 aromatic rings. The molecule has 9 heteroatoms. The molecule has 0 unspecified atom stereocenters. The molecular formula is C21H24FN3O3S2. The second-order valence-electron chi connectivity index (χ2n) is 7.66. The number of thiophene rings is 1. The molecule has 4 rings (SSSR count). The SMILES string of the molecule is Cc1cc(S(=O)(=O)N2CCN(C(=O)Cc3c(C)[nH]c4ccc(F)cc34)CC2)c(C)s1. The van der Waals surface area contributed by atoms with Crippen molar-refractivity contribution in [2.45, 2.75) is 32.1 Å². The molecule has 0 saturated carbocycles. The van der Waals surface area contributed by atoms with Crippen molar-refractivity contribution in [2.75, 3.05) is 26.2 Å². The number of hydrogen-bond donors (Lipinski definition) is 1. The zero-order chi connectivity index (χ0) is 21.6. The number of amides is 1. The van der Waals surface area contributed by atoms with E-state index >= 15 is 0 Å². The summed E-state index contributed by atoms with van der Waals surface area (Å²) in [5.41, 5.74) is 2.43. The number of nitrogens with zero attached hydrogens (tertiary/aromatic N) is 2. The highest BCUT2D eigenvalue weighted by Gasteiger charge is 2.32. The highest BCUT2D eigenvalue weighted by Crippen LogP contribution is 2.29. The van der Waals surface area contributed by atoms with E-state index in [9.17, 15) is 17.6 Å². The van der Waals surface area contributed by atoms with E-state index in [4.69, 9.17) is 0 Å². The number of sulfonamides is 1. The molecule has 1 aliphatic heterocycles. The van der Waals surface area contributed by atoms with Crippen molar-refractivity contribution in [3.8, 4) is 0 Å². The number of H-pyrrole nitrogens is 1. The van der Waals surface area contributed by atoms with Gasteiger partial charge in [0.05, 0.1) is 11.3 Å². The fraction of sp³-hybridized carbons (Fsp3) is 0.381. The number of aryl methyl sites for hydroxylation is 3. The van der Waals surface area contributed by atoms with Crippen molar-refractivity contribution in [2.24, 2.45) is 0 Å². The molecular weight excluding hydrogens is 425 g/mol. The summed E-state index contributed by atoms with van der Waals surface area (Å²) >= 11 is 1.47. The molecule has 0 spiro atoms. The fourth-order valence-corrected chi connectivity index (χ4v) is 6.97. The summed E-state index contributed by atoms with van der Waals surface area (Å²) in [4.78, 5) is 19.9. The first kappa shape index (κ1) is 21.0. The summed E-state index contributed by atoms with van der Waals surface area (Å²) in [5, 5.41) is 0.713. The van der Waals surface area contributed by atoms with Crippen LogP contribution < -0.4 is 0 Å². The number of fused-ring (bicyclic) bond motifs is 1. The summed E-state index contributed by atoms with van der Waals surface area (Å²) in [6.45, 7) is 6.80. The average Bonchev–Trinajstić information content (AvgIpc) is 3.20. The lowest BCUT2D eigenvalue weighted by atomic mass is 10.1. The van der Waals surface area contributed by atoms with Gasteiger partial charge in [0.2, 0.25) is 15.9 Å². The van der Waals surface area contributed by atoms with Crippen molar-refractivity contribution in [3.63, 3.8) is 0 Å². The molecule has 30 heavy (non-hydrogen) atoms. The summed E-state index contributed by atoms with van der Waals surface area (Å²) in [6, 6.07) is 6.21. The van der Waals surface area contributed by atoms with Crippen LogP contribution in [0.4, 0.5) is 4.39 Å². The second-order valence-corrected chi connectivity index (χ2v) is 11.0. The Morgan fingerprint density at radius 1 is 1.13 bits per heavy atom. The zero-order valence-electron chi connectivity index (χ0n) is 17.2. The molecule has 1 amide bonds. The van der Waals surface area contributed by atoms with E-state index in [1.807, 2.05) is 20.8 Å². The van der Waals surface area contributed by atoms with Gasteiger partial charge in [-0.2, -0.15) is 4.31 Å². The molecule has 0 aliphatic carbocycles. The quantitative estimate of drug-likeness (QED) is 0.664. The molecule has 1 N–H and O–H groups in total. The second kappa shape index (κ2) is 7.79. The number of aromatic nitrogens is 1. The summed E-state index contributed by atoms with van der Waals surface area (Å²) in [7, 11) is -3.55. The Hall–Kier alpha value is -2.23. The number of rotatable bonds is 4. The van der Waals surface area contributed by atoms with Gasteiger partial charge in [0.25, 0.3) is 0 Å². The van der Waals surface area contributed by atoms with Gasteiger partial charge in [-0.25, -0.2) is 12.8 Å². The summed E-state index contributed by atoms with van der Waals surface area (Å²) in [5.74, 6) is -0.421. The van der Waals surface area contributed by atoms with Crippen LogP contribution in [0.25, 0.3) is 10.9 Å². The minimum absolute atomic E-state index is 0.0807. The Kier molecular flexibility index (Phi) is 5.46. The Labute approximate surface area is 179 Å². The Morgan fingerprint density at radius 2 is 1.83 bits per heavy atom. The third kappa shape index (κ3) is 3.77. The van der Waals surface area contributed by atoms with Crippen LogP contribution >= 0.6 is 11.3 Å². The molecule has 0 radical (unpaired) electrons. The lowest BCUT2D eigenvalue weighted by Crippen LogP contribution is -2.50. The Morgan fingerprint density at radius 3 is 2.47 bits per heavy atom. The van der Waals surface area contributed by atoms with Crippen LogP contribution in [0.2, 0.25) is 0 Å². The van der Waals surface area contributed by atoms with Crippen LogP contribution in [0.15, 0.2) is 29.2 Å². The van der Waals surface area contributed by atoms with E-state index in [1.165, 1.54) is 27.8 Å². The largest absolute Gasteiger partial charge is 0.358 e. The van der Waals surface area contributed by atoms with Crippen LogP contribution in [-0.2, 0) is 21.2 Å². The number of halogens is 1. The van der Waals surface area contributed by atoms with E-state index in [1.54, 1.807) is 17.0 Å². The van der Waals surface area contributed by atoms with E-state index in [2.05, 4.69) is 4.98 Å². The van der Waals surface area contributed by atoms with Gasteiger partial charge in [0.1, 0.15) is 5.82 Å². The van der Waals surface area contributed by atoms with Gasteiger partial charge < -0.3 is 9.88 Å². The maximum Gasteiger partial charge on any atom is 0.244 e. The van der Waals surface area contributed by atoms with Crippen molar-refractivity contribution < 1.29 is 17.6 Å². The first-order valence-corrected chi connectivity index (χ1v) is 12.0. The number of nitrogens with one attached hydrogen (secondary N) is 1. The van der Waals surface area contributed by atoms with E-state index in [-0.39, 0.29) is 31.2 Å². The molecule has 1 fully saturated rings. The van der Waals surface area contributed by atoms with E-state index in [0.29, 0.717) is 23.4 Å². The molecule has 1 saturated heterocycles. The maximum absolute atomic E-state index is 13.7. The average molecular weight is 450 g/mol. The van der Waals surface area contributed by atoms with Crippen LogP contribution in [0, 0.1) is 26.6 Å². The third-order valence-electron chi connectivity index (χ3n) is 5.61. The van der Waals surface area contributed by atoms with Gasteiger partial charge in [-0.3, -0.25) is 4.79 Å². The number of carbonyl (C=O) groups is 1. The molecule has 1 aliphatic rings. The standard InChI is InChI=1S/C21H24FN3O3S2/c1-13-10-20(15(3)29-13)30(27,28)25-8-6-24(7-9-25)21(26)12-17-14(2)23-19-5-4-16(22)11-18(17)19/h4-5,10-11,23H,6-9,12H2,1-3H3. The molecule has 160 valence electrons. The topological polar surface area (TPSA) is 73.5 Å². The first-order valence-electron chi connectivity index (χ1n) is 9.78. The van der Waals surface area contributed by atoms with Crippen molar-refractivity contribution in [1.29, 1.82) is 0 Å². The molecule has 1 aromatic carbocycles. The fourth-order valence-electron chi connectivity index (χ4n) is 4.03. The van der Waals surface area contributed by atoms with Gasteiger partial charge in [-0.15, -0.1) is 11.3 Å². The number of piperazine rings is 1. The summed E-state index contributed by atoms with van der Waals surface area (Å²) in [6.07, 6.45) is 0.158. The Balaban J connectivity index is 1.46. The number of hydrogen-bond acceptors (Lipinski definition) is 4. The number of aromatic amines is 1. The Bertz CT molecular complexity index is 1220. The van der Waals surface area contributed by atoms with Gasteiger partial charge in [0, 0.05) is 52.5 Å². The van der Waals surface area contributed by atoms with E-state index < -0.39 is 10.0 Å². The van der Waals surface area contributed by atoms with Crippen molar-refractivity contribution in [1.82, 2.24) is 14.2 Å². The molecule has 2 aromatic heterocycles. The zero-order valence-corrected chi connectivity index (χ0v) is 18.8. The summed E-state index contributed by atoms with van der Waals surface area (Å²) < 4.78 is 41.1. The van der Waals surface area contributed by atoms with Crippen molar-refractivity contribution >= 4 is 38.2 Å².